The number of hydrogen-bond acceptors (Lipinski definition) is 5. The van der Waals surface area contributed by atoms with Crippen LogP contribution in [-0.4, -0.2) is 32.0 Å². The lowest BCUT2D eigenvalue weighted by Gasteiger charge is -2.26. The summed E-state index contributed by atoms with van der Waals surface area (Å²) in [6.07, 6.45) is 0.939. The van der Waals surface area contributed by atoms with Gasteiger partial charge in [-0.3, -0.25) is 14.9 Å². The lowest BCUT2D eigenvalue weighted by Crippen LogP contribution is -2.36. The Balaban J connectivity index is 2.26. The standard InChI is InChI=1S/C19H22N2O5S/c1-13-5-7-15(8-6-13)19(2,3)12-20-18(22)14-9-16(21(23)24)11-17(10-14)27(4,25)26/h5-11H,12H2,1-4H3,(H,20,22). The van der Waals surface area contributed by atoms with Crippen LogP contribution in [0.15, 0.2) is 47.4 Å². The van der Waals surface area contributed by atoms with E-state index in [0.29, 0.717) is 0 Å². The fourth-order valence-corrected chi connectivity index (χ4v) is 3.22. The van der Waals surface area contributed by atoms with Crippen LogP contribution in [0.1, 0.15) is 35.3 Å². The van der Waals surface area contributed by atoms with E-state index in [9.17, 15) is 23.3 Å². The average molecular weight is 390 g/mol. The minimum absolute atomic E-state index is 0.0654. The summed E-state index contributed by atoms with van der Waals surface area (Å²) in [5.74, 6) is -0.566. The zero-order valence-electron chi connectivity index (χ0n) is 15.6. The molecule has 7 nitrogen and oxygen atoms in total. The zero-order chi connectivity index (χ0) is 20.4. The van der Waals surface area contributed by atoms with Crippen molar-refractivity contribution in [2.75, 3.05) is 12.8 Å². The molecular formula is C19H22N2O5S. The molecule has 2 rings (SSSR count). The second-order valence-corrected chi connectivity index (χ2v) is 9.19. The van der Waals surface area contributed by atoms with Crippen molar-refractivity contribution in [2.45, 2.75) is 31.1 Å². The van der Waals surface area contributed by atoms with Crippen LogP contribution in [0.3, 0.4) is 0 Å². The molecule has 2 aromatic rings. The maximum Gasteiger partial charge on any atom is 0.271 e. The minimum Gasteiger partial charge on any atom is -0.351 e. The Bertz CT molecular complexity index is 980. The van der Waals surface area contributed by atoms with E-state index in [-0.39, 0.29) is 22.4 Å². The van der Waals surface area contributed by atoms with Gasteiger partial charge in [-0.25, -0.2) is 8.42 Å². The van der Waals surface area contributed by atoms with Crippen LogP contribution in [0, 0.1) is 17.0 Å². The number of nitrogens with one attached hydrogen (secondary N) is 1. The SMILES string of the molecule is Cc1ccc(C(C)(C)CNC(=O)c2cc([N+](=O)[O-])cc(S(C)(=O)=O)c2)cc1. The maximum atomic E-state index is 12.5. The minimum atomic E-state index is -3.69. The fraction of sp³-hybridized carbons (Fsp3) is 0.316. The summed E-state index contributed by atoms with van der Waals surface area (Å²) in [6, 6.07) is 11.1. The van der Waals surface area contributed by atoms with Gasteiger partial charge in [0.05, 0.1) is 9.82 Å². The van der Waals surface area contributed by atoms with Crippen molar-refractivity contribution < 1.29 is 18.1 Å². The number of non-ortho nitro benzene ring substituents is 1. The van der Waals surface area contributed by atoms with Crippen molar-refractivity contribution in [2.24, 2.45) is 0 Å². The molecular weight excluding hydrogens is 368 g/mol. The molecule has 2 aromatic carbocycles. The van der Waals surface area contributed by atoms with Gasteiger partial charge in [0, 0.05) is 35.9 Å². The van der Waals surface area contributed by atoms with Crippen LogP contribution in [0.5, 0.6) is 0 Å². The van der Waals surface area contributed by atoms with Crippen molar-refractivity contribution in [3.05, 3.63) is 69.3 Å². The van der Waals surface area contributed by atoms with Crippen LogP contribution in [-0.2, 0) is 15.3 Å². The van der Waals surface area contributed by atoms with E-state index in [1.807, 2.05) is 45.0 Å². The third-order valence-electron chi connectivity index (χ3n) is 4.32. The number of carbonyl (C=O) groups is 1. The summed E-state index contributed by atoms with van der Waals surface area (Å²) in [7, 11) is -3.69. The van der Waals surface area contributed by atoms with E-state index >= 15 is 0 Å². The highest BCUT2D eigenvalue weighted by Gasteiger charge is 2.23. The molecule has 0 aliphatic carbocycles. The number of hydrogen-bond donors (Lipinski definition) is 1. The van der Waals surface area contributed by atoms with Gasteiger partial charge < -0.3 is 5.32 Å². The van der Waals surface area contributed by atoms with Crippen molar-refractivity contribution in [3.63, 3.8) is 0 Å². The van der Waals surface area contributed by atoms with Gasteiger partial charge in [-0.2, -0.15) is 0 Å². The Morgan fingerprint density at radius 2 is 1.74 bits per heavy atom. The van der Waals surface area contributed by atoms with E-state index in [0.717, 1.165) is 35.6 Å². The molecule has 0 radical (unpaired) electrons. The lowest BCUT2D eigenvalue weighted by atomic mass is 9.84. The molecule has 0 spiro atoms. The molecule has 27 heavy (non-hydrogen) atoms. The van der Waals surface area contributed by atoms with Crippen LogP contribution in [0.2, 0.25) is 0 Å². The smallest absolute Gasteiger partial charge is 0.271 e. The molecule has 0 bridgehead atoms. The van der Waals surface area contributed by atoms with Gasteiger partial charge in [0.15, 0.2) is 9.84 Å². The fourth-order valence-electron chi connectivity index (χ4n) is 2.54. The number of nitro groups is 1. The number of benzene rings is 2. The molecule has 0 saturated carbocycles. The third-order valence-corrected chi connectivity index (χ3v) is 5.41. The summed E-state index contributed by atoms with van der Waals surface area (Å²) in [5.41, 5.74) is 1.28. The Labute approximate surface area is 158 Å². The van der Waals surface area contributed by atoms with Gasteiger partial charge in [-0.05, 0) is 18.6 Å². The monoisotopic (exact) mass is 390 g/mol. The summed E-state index contributed by atoms with van der Waals surface area (Å²) < 4.78 is 23.5. The normalized spacial score (nSPS) is 11.9. The number of nitro benzene ring substituents is 1. The molecule has 8 heteroatoms. The number of carbonyl (C=O) groups excluding carboxylic acids is 1. The number of sulfone groups is 1. The van der Waals surface area contributed by atoms with Crippen molar-refractivity contribution in [1.29, 1.82) is 0 Å². The highest BCUT2D eigenvalue weighted by Crippen LogP contribution is 2.24. The van der Waals surface area contributed by atoms with E-state index < -0.39 is 26.4 Å². The zero-order valence-corrected chi connectivity index (χ0v) is 16.5. The first-order chi connectivity index (χ1) is 12.4. The Morgan fingerprint density at radius 1 is 1.15 bits per heavy atom. The topological polar surface area (TPSA) is 106 Å². The molecule has 0 atom stereocenters. The first-order valence-electron chi connectivity index (χ1n) is 8.25. The van der Waals surface area contributed by atoms with Gasteiger partial charge in [0.1, 0.15) is 0 Å². The average Bonchev–Trinajstić information content (AvgIpc) is 2.59. The van der Waals surface area contributed by atoms with Crippen LogP contribution < -0.4 is 5.32 Å². The maximum absolute atomic E-state index is 12.5. The van der Waals surface area contributed by atoms with Crippen molar-refractivity contribution in [1.82, 2.24) is 5.32 Å². The van der Waals surface area contributed by atoms with E-state index in [4.69, 9.17) is 0 Å². The highest BCUT2D eigenvalue weighted by molar-refractivity contribution is 7.90. The molecule has 144 valence electrons. The predicted molar refractivity (Wildman–Crippen MR) is 103 cm³/mol. The summed E-state index contributed by atoms with van der Waals surface area (Å²) in [6.45, 7) is 6.20. The third kappa shape index (κ3) is 5.13. The van der Waals surface area contributed by atoms with E-state index in [2.05, 4.69) is 5.32 Å². The van der Waals surface area contributed by atoms with Crippen molar-refractivity contribution in [3.8, 4) is 0 Å². The van der Waals surface area contributed by atoms with Gasteiger partial charge >= 0.3 is 0 Å². The first-order valence-corrected chi connectivity index (χ1v) is 10.1. The Kier molecular flexibility index (Phi) is 5.70. The second kappa shape index (κ2) is 7.48. The molecule has 0 fully saturated rings. The molecule has 0 aromatic heterocycles. The number of nitrogens with zero attached hydrogens (tertiary/aromatic N) is 1. The Hall–Kier alpha value is -2.74. The second-order valence-electron chi connectivity index (χ2n) is 7.18. The van der Waals surface area contributed by atoms with Crippen molar-refractivity contribution >= 4 is 21.4 Å². The molecule has 0 saturated heterocycles. The number of rotatable bonds is 6. The van der Waals surface area contributed by atoms with Gasteiger partial charge in [0.2, 0.25) is 0 Å². The van der Waals surface area contributed by atoms with Crippen LogP contribution >= 0.6 is 0 Å². The van der Waals surface area contributed by atoms with Gasteiger partial charge in [-0.15, -0.1) is 0 Å². The largest absolute Gasteiger partial charge is 0.351 e. The summed E-state index contributed by atoms with van der Waals surface area (Å²) >= 11 is 0. The molecule has 1 N–H and O–H groups in total. The molecule has 0 heterocycles. The van der Waals surface area contributed by atoms with E-state index in [1.165, 1.54) is 0 Å². The number of amides is 1. The molecule has 0 unspecified atom stereocenters. The summed E-state index contributed by atoms with van der Waals surface area (Å²) in [4.78, 5) is 22.6. The predicted octanol–water partition coefficient (Wildman–Crippen LogP) is 3.01. The van der Waals surface area contributed by atoms with Gasteiger partial charge in [-0.1, -0.05) is 43.7 Å². The highest BCUT2D eigenvalue weighted by atomic mass is 32.2. The quantitative estimate of drug-likeness (QED) is 0.603. The molecule has 1 amide bonds. The number of aryl methyl sites for hydroxylation is 1. The van der Waals surface area contributed by atoms with E-state index in [1.54, 1.807) is 0 Å². The van der Waals surface area contributed by atoms with Gasteiger partial charge in [0.25, 0.3) is 11.6 Å². The summed E-state index contributed by atoms with van der Waals surface area (Å²) in [5, 5.41) is 13.8. The molecule has 0 aliphatic rings. The lowest BCUT2D eigenvalue weighted by molar-refractivity contribution is -0.385. The first kappa shape index (κ1) is 20.6. The Morgan fingerprint density at radius 3 is 2.26 bits per heavy atom. The van der Waals surface area contributed by atoms with Crippen LogP contribution in [0.4, 0.5) is 5.69 Å². The van der Waals surface area contributed by atoms with Crippen LogP contribution in [0.25, 0.3) is 0 Å². The molecule has 0 aliphatic heterocycles.